The maximum atomic E-state index is 12.5. The van der Waals surface area contributed by atoms with Gasteiger partial charge in [-0.1, -0.05) is 15.9 Å². The van der Waals surface area contributed by atoms with Crippen LogP contribution < -0.4 is 0 Å². The van der Waals surface area contributed by atoms with E-state index in [1.54, 1.807) is 19.1 Å². The van der Waals surface area contributed by atoms with Gasteiger partial charge in [-0.2, -0.15) is 4.31 Å². The fourth-order valence-electron chi connectivity index (χ4n) is 2.30. The molecule has 2 rings (SSSR count). The van der Waals surface area contributed by atoms with Gasteiger partial charge in [0.15, 0.2) is 0 Å². The molecule has 1 atom stereocenters. The summed E-state index contributed by atoms with van der Waals surface area (Å²) in [6.45, 7) is 1.96. The highest BCUT2D eigenvalue weighted by Gasteiger charge is 2.39. The van der Waals surface area contributed by atoms with Gasteiger partial charge in [0, 0.05) is 11.0 Å². The van der Waals surface area contributed by atoms with E-state index in [9.17, 15) is 13.2 Å². The molecule has 1 aromatic rings. The minimum atomic E-state index is -3.75. The van der Waals surface area contributed by atoms with Crippen LogP contribution in [0.2, 0.25) is 0 Å². The number of aryl methyl sites for hydroxylation is 1. The summed E-state index contributed by atoms with van der Waals surface area (Å²) in [5.41, 5.74) is 0.602. The van der Waals surface area contributed by atoms with Crippen LogP contribution in [0.3, 0.4) is 0 Å². The summed E-state index contributed by atoms with van der Waals surface area (Å²) in [6, 6.07) is 3.91. The van der Waals surface area contributed by atoms with E-state index >= 15 is 0 Å². The van der Waals surface area contributed by atoms with Crippen LogP contribution in [-0.4, -0.2) is 36.4 Å². The molecule has 1 saturated heterocycles. The van der Waals surface area contributed by atoms with E-state index in [0.29, 0.717) is 18.4 Å². The maximum absolute atomic E-state index is 12.5. The van der Waals surface area contributed by atoms with E-state index < -0.39 is 22.0 Å². The quantitative estimate of drug-likeness (QED) is 0.907. The number of aliphatic carboxylic acids is 1. The van der Waals surface area contributed by atoms with Crippen molar-refractivity contribution in [1.29, 1.82) is 0 Å². The Kier molecular flexibility index (Phi) is 3.98. The molecule has 0 radical (unpaired) electrons. The van der Waals surface area contributed by atoms with Crippen molar-refractivity contribution in [3.05, 3.63) is 28.2 Å². The second kappa shape index (κ2) is 5.22. The largest absolute Gasteiger partial charge is 0.480 e. The smallest absolute Gasteiger partial charge is 0.322 e. The van der Waals surface area contributed by atoms with E-state index in [1.807, 2.05) is 0 Å². The Morgan fingerprint density at radius 2 is 2.16 bits per heavy atom. The normalized spacial score (nSPS) is 20.6. The zero-order valence-electron chi connectivity index (χ0n) is 10.3. The molecule has 0 unspecified atom stereocenters. The van der Waals surface area contributed by atoms with Crippen molar-refractivity contribution in [2.24, 2.45) is 0 Å². The number of halogens is 1. The number of hydrogen-bond acceptors (Lipinski definition) is 3. The van der Waals surface area contributed by atoms with Crippen LogP contribution in [0.15, 0.2) is 27.6 Å². The van der Waals surface area contributed by atoms with Crippen molar-refractivity contribution >= 4 is 31.9 Å². The molecule has 1 aromatic carbocycles. The van der Waals surface area contributed by atoms with E-state index in [0.717, 1.165) is 8.78 Å². The summed E-state index contributed by atoms with van der Waals surface area (Å²) in [6.07, 6.45) is 0.940. The van der Waals surface area contributed by atoms with Crippen LogP contribution in [0.25, 0.3) is 0 Å². The first-order valence-corrected chi connectivity index (χ1v) is 8.08. The summed E-state index contributed by atoms with van der Waals surface area (Å²) in [5.74, 6) is -1.09. The monoisotopic (exact) mass is 347 g/mol. The summed E-state index contributed by atoms with van der Waals surface area (Å²) in [4.78, 5) is 11.3. The Labute approximate surface area is 120 Å². The Morgan fingerprint density at radius 3 is 2.74 bits per heavy atom. The van der Waals surface area contributed by atoms with Crippen molar-refractivity contribution in [3.8, 4) is 0 Å². The zero-order chi connectivity index (χ0) is 14.2. The van der Waals surface area contributed by atoms with Crippen LogP contribution in [0, 0.1) is 6.92 Å². The highest BCUT2D eigenvalue weighted by molar-refractivity contribution is 9.10. The maximum Gasteiger partial charge on any atom is 0.322 e. The predicted octanol–water partition coefficient (Wildman–Crippen LogP) is 2.00. The molecule has 1 aliphatic heterocycles. The molecule has 0 saturated carbocycles. The van der Waals surface area contributed by atoms with Gasteiger partial charge in [0.1, 0.15) is 6.04 Å². The van der Waals surface area contributed by atoms with E-state index in [4.69, 9.17) is 5.11 Å². The molecule has 0 aliphatic carbocycles. The highest BCUT2D eigenvalue weighted by Crippen LogP contribution is 2.29. The van der Waals surface area contributed by atoms with Gasteiger partial charge in [-0.05, 0) is 43.5 Å². The highest BCUT2D eigenvalue weighted by atomic mass is 79.9. The predicted molar refractivity (Wildman–Crippen MR) is 73.4 cm³/mol. The van der Waals surface area contributed by atoms with Gasteiger partial charge >= 0.3 is 5.97 Å². The molecule has 19 heavy (non-hydrogen) atoms. The van der Waals surface area contributed by atoms with Gasteiger partial charge in [0.25, 0.3) is 0 Å². The molecule has 0 amide bonds. The molecule has 1 aliphatic rings. The van der Waals surface area contributed by atoms with Crippen molar-refractivity contribution in [2.45, 2.75) is 30.7 Å². The number of carbonyl (C=O) groups is 1. The Hall–Kier alpha value is -0.920. The lowest BCUT2D eigenvalue weighted by atomic mass is 10.2. The molecule has 1 heterocycles. The van der Waals surface area contributed by atoms with Crippen molar-refractivity contribution in [3.63, 3.8) is 0 Å². The number of carboxylic acids is 1. The zero-order valence-corrected chi connectivity index (χ0v) is 12.7. The molecule has 1 fully saturated rings. The van der Waals surface area contributed by atoms with Crippen molar-refractivity contribution in [2.75, 3.05) is 6.54 Å². The number of rotatable bonds is 3. The molecule has 0 aromatic heterocycles. The lowest BCUT2D eigenvalue weighted by Gasteiger charge is -2.22. The average molecular weight is 348 g/mol. The first-order valence-electron chi connectivity index (χ1n) is 5.85. The van der Waals surface area contributed by atoms with Crippen LogP contribution >= 0.6 is 15.9 Å². The fourth-order valence-corrected chi connectivity index (χ4v) is 4.64. The van der Waals surface area contributed by atoms with Crippen LogP contribution in [0.4, 0.5) is 0 Å². The standard InChI is InChI=1S/C12H14BrNO4S/c1-8-7-9(13)4-5-11(8)19(17,18)14-6-2-3-10(14)12(15)16/h4-5,7,10H,2-3,6H2,1H3,(H,15,16)/t10-/m0/s1. The SMILES string of the molecule is Cc1cc(Br)ccc1S(=O)(=O)N1CCC[C@H]1C(=O)O. The second-order valence-corrected chi connectivity index (χ2v) is 7.30. The second-order valence-electron chi connectivity index (χ2n) is 4.52. The van der Waals surface area contributed by atoms with Crippen LogP contribution in [0.5, 0.6) is 0 Å². The molecular formula is C12H14BrNO4S. The number of carboxylic acid groups (broad SMARTS) is 1. The summed E-state index contributed by atoms with van der Waals surface area (Å²) in [5, 5.41) is 9.09. The molecule has 0 bridgehead atoms. The molecule has 5 nitrogen and oxygen atoms in total. The summed E-state index contributed by atoms with van der Waals surface area (Å²) < 4.78 is 26.9. The molecule has 7 heteroatoms. The Bertz CT molecular complexity index is 614. The topological polar surface area (TPSA) is 74.7 Å². The van der Waals surface area contributed by atoms with Gasteiger partial charge in [-0.3, -0.25) is 4.79 Å². The minimum Gasteiger partial charge on any atom is -0.480 e. The molecule has 104 valence electrons. The lowest BCUT2D eigenvalue weighted by molar-refractivity contribution is -0.140. The van der Waals surface area contributed by atoms with Crippen molar-refractivity contribution in [1.82, 2.24) is 4.31 Å². The first kappa shape index (κ1) is 14.5. The van der Waals surface area contributed by atoms with E-state index in [-0.39, 0.29) is 11.4 Å². The van der Waals surface area contributed by atoms with Gasteiger partial charge in [-0.25, -0.2) is 8.42 Å². The van der Waals surface area contributed by atoms with Crippen molar-refractivity contribution < 1.29 is 18.3 Å². The summed E-state index contributed by atoms with van der Waals surface area (Å²) >= 11 is 3.28. The van der Waals surface area contributed by atoms with Gasteiger partial charge in [0.05, 0.1) is 4.90 Å². The third-order valence-corrected chi connectivity index (χ3v) is 5.77. The van der Waals surface area contributed by atoms with E-state index in [1.165, 1.54) is 6.07 Å². The minimum absolute atomic E-state index is 0.170. The third-order valence-electron chi connectivity index (χ3n) is 3.21. The fraction of sp³-hybridized carbons (Fsp3) is 0.417. The van der Waals surface area contributed by atoms with Gasteiger partial charge in [0.2, 0.25) is 10.0 Å². The van der Waals surface area contributed by atoms with Gasteiger partial charge < -0.3 is 5.11 Å². The van der Waals surface area contributed by atoms with Crippen LogP contribution in [0.1, 0.15) is 18.4 Å². The van der Waals surface area contributed by atoms with Gasteiger partial charge in [-0.15, -0.1) is 0 Å². The lowest BCUT2D eigenvalue weighted by Crippen LogP contribution is -2.40. The van der Waals surface area contributed by atoms with Crippen LogP contribution in [-0.2, 0) is 14.8 Å². The molecular weight excluding hydrogens is 334 g/mol. The number of sulfonamides is 1. The number of nitrogens with zero attached hydrogens (tertiary/aromatic N) is 1. The number of hydrogen-bond donors (Lipinski definition) is 1. The van der Waals surface area contributed by atoms with E-state index in [2.05, 4.69) is 15.9 Å². The molecule has 0 spiro atoms. The number of benzene rings is 1. The first-order chi connectivity index (χ1) is 8.84. The average Bonchev–Trinajstić information content (AvgIpc) is 2.77. The summed E-state index contributed by atoms with van der Waals surface area (Å²) in [7, 11) is -3.75. The Morgan fingerprint density at radius 1 is 1.47 bits per heavy atom. The Balaban J connectivity index is 2.45. The third kappa shape index (κ3) is 2.68. The molecule has 1 N–H and O–H groups in total.